The minimum absolute atomic E-state index is 0.0499. The van der Waals surface area contributed by atoms with Gasteiger partial charge in [0.1, 0.15) is 5.60 Å². The highest BCUT2D eigenvalue weighted by molar-refractivity contribution is 5.83. The highest BCUT2D eigenvalue weighted by atomic mass is 16.6. The number of carboxylic acids is 1. The lowest BCUT2D eigenvalue weighted by atomic mass is 10.2. The molecular formula is C10H16NO4-. The third kappa shape index (κ3) is 7.54. The molecule has 15 heavy (non-hydrogen) atoms. The standard InChI is InChI=1S/C10H17NO4/c1-7(8(12)13)5-6-11-9(14)15-10(2,3)4/h1,5-6H2,2-4H3,(H,11,14)(H,12,13)/p-1. The van der Waals surface area contributed by atoms with E-state index in [1.165, 1.54) is 0 Å². The van der Waals surface area contributed by atoms with Gasteiger partial charge in [-0.1, -0.05) is 6.58 Å². The first-order chi connectivity index (χ1) is 6.72. The van der Waals surface area contributed by atoms with Crippen LogP contribution in [0.5, 0.6) is 0 Å². The van der Waals surface area contributed by atoms with Gasteiger partial charge >= 0.3 is 6.09 Å². The van der Waals surface area contributed by atoms with Crippen molar-refractivity contribution in [3.8, 4) is 0 Å². The maximum atomic E-state index is 11.1. The Labute approximate surface area is 89.1 Å². The molecule has 0 unspecified atom stereocenters. The Balaban J connectivity index is 3.74. The lowest BCUT2D eigenvalue weighted by Gasteiger charge is -2.19. The third-order valence-electron chi connectivity index (χ3n) is 1.38. The fourth-order valence-corrected chi connectivity index (χ4v) is 0.732. The Morgan fingerprint density at radius 2 is 1.93 bits per heavy atom. The number of nitrogens with one attached hydrogen (secondary N) is 1. The number of alkyl carbamates (subject to hydrolysis) is 1. The summed E-state index contributed by atoms with van der Waals surface area (Å²) in [7, 11) is 0. The van der Waals surface area contributed by atoms with Crippen LogP contribution in [-0.2, 0) is 9.53 Å². The summed E-state index contributed by atoms with van der Waals surface area (Å²) in [5.41, 5.74) is -0.610. The molecule has 0 aromatic rings. The summed E-state index contributed by atoms with van der Waals surface area (Å²) >= 11 is 0. The molecule has 0 aromatic heterocycles. The number of carbonyl (C=O) groups is 2. The van der Waals surface area contributed by atoms with Crippen LogP contribution in [0.1, 0.15) is 27.2 Å². The first-order valence-electron chi connectivity index (χ1n) is 4.58. The van der Waals surface area contributed by atoms with Crippen molar-refractivity contribution in [1.29, 1.82) is 0 Å². The predicted molar refractivity (Wildman–Crippen MR) is 53.0 cm³/mol. The third-order valence-corrected chi connectivity index (χ3v) is 1.38. The second kappa shape index (κ2) is 5.38. The minimum Gasteiger partial charge on any atom is -0.545 e. The van der Waals surface area contributed by atoms with Gasteiger partial charge in [0.25, 0.3) is 0 Å². The molecule has 0 spiro atoms. The van der Waals surface area contributed by atoms with Gasteiger partial charge in [-0.2, -0.15) is 0 Å². The van der Waals surface area contributed by atoms with E-state index in [1.807, 2.05) is 0 Å². The number of aliphatic carboxylic acids is 1. The molecule has 0 saturated heterocycles. The molecule has 0 aromatic carbocycles. The summed E-state index contributed by atoms with van der Waals surface area (Å²) in [5, 5.41) is 12.7. The molecule has 0 aliphatic carbocycles. The van der Waals surface area contributed by atoms with Gasteiger partial charge in [-0.15, -0.1) is 0 Å². The van der Waals surface area contributed by atoms with Crippen molar-refractivity contribution >= 4 is 12.1 Å². The van der Waals surface area contributed by atoms with Crippen LogP contribution < -0.4 is 10.4 Å². The van der Waals surface area contributed by atoms with Crippen molar-refractivity contribution in [2.75, 3.05) is 6.54 Å². The van der Waals surface area contributed by atoms with Gasteiger partial charge in [0.2, 0.25) is 0 Å². The van der Waals surface area contributed by atoms with Gasteiger partial charge < -0.3 is 20.0 Å². The van der Waals surface area contributed by atoms with Crippen LogP contribution in [0.15, 0.2) is 12.2 Å². The number of carbonyl (C=O) groups excluding carboxylic acids is 2. The molecule has 0 heterocycles. The van der Waals surface area contributed by atoms with Gasteiger partial charge in [0, 0.05) is 6.54 Å². The lowest BCUT2D eigenvalue weighted by Crippen LogP contribution is -2.34. The number of rotatable bonds is 4. The molecule has 0 fully saturated rings. The number of ether oxygens (including phenoxy) is 1. The molecule has 0 radical (unpaired) electrons. The molecule has 0 bridgehead atoms. The van der Waals surface area contributed by atoms with Crippen LogP contribution in [0.2, 0.25) is 0 Å². The van der Waals surface area contributed by atoms with E-state index in [0.717, 1.165) is 0 Å². The molecule has 0 rings (SSSR count). The molecule has 1 amide bonds. The number of amides is 1. The molecule has 0 aliphatic rings. The highest BCUT2D eigenvalue weighted by Crippen LogP contribution is 2.06. The summed E-state index contributed by atoms with van der Waals surface area (Å²) in [4.78, 5) is 21.3. The summed E-state index contributed by atoms with van der Waals surface area (Å²) < 4.78 is 4.94. The van der Waals surface area contributed by atoms with Crippen LogP contribution in [0.25, 0.3) is 0 Å². The monoisotopic (exact) mass is 214 g/mol. The second-order valence-corrected chi connectivity index (χ2v) is 4.07. The Morgan fingerprint density at radius 3 is 2.33 bits per heavy atom. The van der Waals surface area contributed by atoms with Crippen LogP contribution >= 0.6 is 0 Å². The van der Waals surface area contributed by atoms with Crippen molar-refractivity contribution in [3.05, 3.63) is 12.2 Å². The number of carboxylic acid groups (broad SMARTS) is 1. The van der Waals surface area contributed by atoms with E-state index in [0.29, 0.717) is 0 Å². The zero-order chi connectivity index (χ0) is 12.1. The average Bonchev–Trinajstić information content (AvgIpc) is 2.00. The first-order valence-corrected chi connectivity index (χ1v) is 4.58. The SMILES string of the molecule is C=C(CCNC(=O)OC(C)(C)C)C(=O)[O-]. The van der Waals surface area contributed by atoms with E-state index in [9.17, 15) is 14.7 Å². The second-order valence-electron chi connectivity index (χ2n) is 4.07. The maximum Gasteiger partial charge on any atom is 0.407 e. The Bertz CT molecular complexity index is 265. The molecular weight excluding hydrogens is 198 g/mol. The quantitative estimate of drug-likeness (QED) is 0.678. The molecule has 0 saturated carbocycles. The van der Waals surface area contributed by atoms with E-state index in [2.05, 4.69) is 11.9 Å². The van der Waals surface area contributed by atoms with Crippen LogP contribution in [0.4, 0.5) is 4.79 Å². The van der Waals surface area contributed by atoms with E-state index < -0.39 is 17.7 Å². The molecule has 5 nitrogen and oxygen atoms in total. The van der Waals surface area contributed by atoms with Crippen molar-refractivity contribution in [2.24, 2.45) is 0 Å². The summed E-state index contributed by atoms with van der Waals surface area (Å²) in [6.07, 6.45) is -0.435. The minimum atomic E-state index is -1.30. The topological polar surface area (TPSA) is 78.5 Å². The van der Waals surface area contributed by atoms with Gasteiger partial charge in [-0.25, -0.2) is 4.79 Å². The van der Waals surface area contributed by atoms with Crippen LogP contribution in [-0.4, -0.2) is 24.2 Å². The van der Waals surface area contributed by atoms with Gasteiger partial charge in [-0.05, 0) is 32.8 Å². The molecule has 86 valence electrons. The van der Waals surface area contributed by atoms with E-state index in [-0.39, 0.29) is 18.5 Å². The Hall–Kier alpha value is -1.52. The smallest absolute Gasteiger partial charge is 0.407 e. The van der Waals surface area contributed by atoms with Crippen LogP contribution in [0, 0.1) is 0 Å². The molecule has 5 heteroatoms. The zero-order valence-corrected chi connectivity index (χ0v) is 9.25. The van der Waals surface area contributed by atoms with Crippen molar-refractivity contribution < 1.29 is 19.4 Å². The fraction of sp³-hybridized carbons (Fsp3) is 0.600. The van der Waals surface area contributed by atoms with Gasteiger partial charge in [-0.3, -0.25) is 0 Å². The van der Waals surface area contributed by atoms with Crippen LogP contribution in [0.3, 0.4) is 0 Å². The zero-order valence-electron chi connectivity index (χ0n) is 9.25. The summed E-state index contributed by atoms with van der Waals surface area (Å²) in [6.45, 7) is 8.67. The normalized spacial score (nSPS) is 10.6. The predicted octanol–water partition coefficient (Wildman–Crippen LogP) is 0.207. The Kier molecular flexibility index (Phi) is 4.84. The largest absolute Gasteiger partial charge is 0.545 e. The van der Waals surface area contributed by atoms with Crippen molar-refractivity contribution in [1.82, 2.24) is 5.32 Å². The maximum absolute atomic E-state index is 11.1. The fourth-order valence-electron chi connectivity index (χ4n) is 0.732. The van der Waals surface area contributed by atoms with E-state index in [1.54, 1.807) is 20.8 Å². The lowest BCUT2D eigenvalue weighted by molar-refractivity contribution is -0.299. The average molecular weight is 214 g/mol. The first kappa shape index (κ1) is 13.5. The van der Waals surface area contributed by atoms with E-state index >= 15 is 0 Å². The summed E-state index contributed by atoms with van der Waals surface area (Å²) in [6, 6.07) is 0. The summed E-state index contributed by atoms with van der Waals surface area (Å²) in [5.74, 6) is -1.30. The molecule has 0 atom stereocenters. The van der Waals surface area contributed by atoms with E-state index in [4.69, 9.17) is 4.74 Å². The van der Waals surface area contributed by atoms with Crippen molar-refractivity contribution in [2.45, 2.75) is 32.8 Å². The molecule has 0 aliphatic heterocycles. The Morgan fingerprint density at radius 1 is 1.40 bits per heavy atom. The highest BCUT2D eigenvalue weighted by Gasteiger charge is 2.15. The number of hydrogen-bond donors (Lipinski definition) is 1. The molecule has 1 N–H and O–H groups in total. The van der Waals surface area contributed by atoms with Gasteiger partial charge in [0.15, 0.2) is 0 Å². The van der Waals surface area contributed by atoms with Crippen molar-refractivity contribution in [3.63, 3.8) is 0 Å². The van der Waals surface area contributed by atoms with Gasteiger partial charge in [0.05, 0.1) is 5.97 Å². The number of hydrogen-bond acceptors (Lipinski definition) is 4.